The van der Waals surface area contributed by atoms with Crippen LogP contribution in [0, 0.1) is 0 Å². The number of ether oxygens (including phenoxy) is 3. The SMILES string of the molecule is O=C(CN1C(=O)S/C(=C/c2cc(Br)c(OCc3ccc(Cl)cc3Cl)c(Br)c2)C1=O)Nc1ccc2c(c1)OCCO2. The average Bonchev–Trinajstić information content (AvgIpc) is 3.16. The normalized spacial score (nSPS) is 15.5. The van der Waals surface area contributed by atoms with Gasteiger partial charge in [-0.3, -0.25) is 19.3 Å². The molecule has 40 heavy (non-hydrogen) atoms. The molecule has 0 radical (unpaired) electrons. The van der Waals surface area contributed by atoms with Crippen LogP contribution in [-0.2, 0) is 16.2 Å². The minimum atomic E-state index is -0.558. The van der Waals surface area contributed by atoms with Crippen LogP contribution in [-0.4, -0.2) is 41.7 Å². The Morgan fingerprint density at radius 3 is 2.48 bits per heavy atom. The molecule has 0 unspecified atom stereocenters. The molecule has 5 rings (SSSR count). The lowest BCUT2D eigenvalue weighted by atomic mass is 10.2. The van der Waals surface area contributed by atoms with Gasteiger partial charge in [-0.05, 0) is 91.7 Å². The number of rotatable bonds is 7. The molecule has 1 N–H and O–H groups in total. The maximum absolute atomic E-state index is 13.0. The van der Waals surface area contributed by atoms with Crippen LogP contribution in [0.3, 0.4) is 0 Å². The summed E-state index contributed by atoms with van der Waals surface area (Å²) < 4.78 is 18.2. The number of amides is 3. The fourth-order valence-electron chi connectivity index (χ4n) is 3.84. The Kier molecular flexibility index (Phi) is 8.96. The van der Waals surface area contributed by atoms with Crippen molar-refractivity contribution in [1.29, 1.82) is 0 Å². The highest BCUT2D eigenvalue weighted by molar-refractivity contribution is 9.11. The van der Waals surface area contributed by atoms with Gasteiger partial charge in [-0.15, -0.1) is 0 Å². The predicted molar refractivity (Wildman–Crippen MR) is 161 cm³/mol. The molecule has 0 aliphatic carbocycles. The highest BCUT2D eigenvalue weighted by Crippen LogP contribution is 2.39. The molecule has 3 aromatic carbocycles. The van der Waals surface area contributed by atoms with Crippen molar-refractivity contribution in [3.63, 3.8) is 0 Å². The molecule has 2 aliphatic heterocycles. The zero-order valence-corrected chi connectivity index (χ0v) is 25.8. The van der Waals surface area contributed by atoms with Gasteiger partial charge in [0.25, 0.3) is 11.1 Å². The van der Waals surface area contributed by atoms with Crippen LogP contribution in [0.5, 0.6) is 17.2 Å². The zero-order valence-electron chi connectivity index (χ0n) is 20.3. The van der Waals surface area contributed by atoms with E-state index in [4.69, 9.17) is 37.4 Å². The summed E-state index contributed by atoms with van der Waals surface area (Å²) in [6, 6.07) is 13.6. The summed E-state index contributed by atoms with van der Waals surface area (Å²) in [7, 11) is 0. The fourth-order valence-corrected chi connectivity index (χ4v) is 6.59. The van der Waals surface area contributed by atoms with E-state index < -0.39 is 23.6 Å². The molecule has 1 fully saturated rings. The molecule has 3 aromatic rings. The van der Waals surface area contributed by atoms with E-state index in [1.165, 1.54) is 0 Å². The number of halogens is 4. The Morgan fingerprint density at radius 1 is 1.02 bits per heavy atom. The molecule has 0 saturated carbocycles. The molecule has 206 valence electrons. The number of carbonyl (C=O) groups is 3. The van der Waals surface area contributed by atoms with E-state index in [1.54, 1.807) is 54.6 Å². The number of imide groups is 1. The molecule has 13 heteroatoms. The number of carbonyl (C=O) groups excluding carboxylic acids is 3. The lowest BCUT2D eigenvalue weighted by molar-refractivity contribution is -0.127. The minimum Gasteiger partial charge on any atom is -0.486 e. The molecule has 0 spiro atoms. The van der Waals surface area contributed by atoms with E-state index in [9.17, 15) is 14.4 Å². The van der Waals surface area contributed by atoms with Crippen molar-refractivity contribution in [2.75, 3.05) is 25.1 Å². The first-order valence-corrected chi connectivity index (χ1v) is 14.8. The van der Waals surface area contributed by atoms with E-state index >= 15 is 0 Å². The van der Waals surface area contributed by atoms with E-state index in [-0.39, 0.29) is 11.5 Å². The zero-order chi connectivity index (χ0) is 28.4. The van der Waals surface area contributed by atoms with Crippen LogP contribution in [0.25, 0.3) is 6.08 Å². The summed E-state index contributed by atoms with van der Waals surface area (Å²) in [5.41, 5.74) is 1.87. The fraction of sp³-hybridized carbons (Fsp3) is 0.148. The topological polar surface area (TPSA) is 94.2 Å². The number of fused-ring (bicyclic) bond motifs is 1. The Labute approximate surface area is 260 Å². The number of nitrogens with one attached hydrogen (secondary N) is 1. The van der Waals surface area contributed by atoms with Gasteiger partial charge in [0.15, 0.2) is 11.5 Å². The molecule has 2 heterocycles. The number of hydrogen-bond acceptors (Lipinski definition) is 7. The van der Waals surface area contributed by atoms with Crippen molar-refractivity contribution >= 4 is 95.6 Å². The van der Waals surface area contributed by atoms with Gasteiger partial charge < -0.3 is 19.5 Å². The molecule has 0 atom stereocenters. The van der Waals surface area contributed by atoms with Crippen LogP contribution in [0.1, 0.15) is 11.1 Å². The standard InChI is InChI=1S/C27H18Br2Cl2N2O6S/c28-18-7-14(8-19(29)25(18)39-13-15-1-2-16(30)10-20(15)31)9-23-26(35)33(27(36)40-23)12-24(34)32-17-3-4-21-22(11-17)38-6-5-37-21/h1-4,7-11H,5-6,12-13H2,(H,32,34)/b23-9+. The molecular weight excluding hydrogens is 711 g/mol. The third-order valence-corrected chi connectivity index (χ3v) is 8.38. The van der Waals surface area contributed by atoms with Gasteiger partial charge in [-0.2, -0.15) is 0 Å². The Morgan fingerprint density at radius 2 is 1.75 bits per heavy atom. The van der Waals surface area contributed by atoms with Crippen LogP contribution in [0.15, 0.2) is 62.4 Å². The minimum absolute atomic E-state index is 0.192. The van der Waals surface area contributed by atoms with Gasteiger partial charge in [0.1, 0.15) is 32.1 Å². The predicted octanol–water partition coefficient (Wildman–Crippen LogP) is 7.54. The van der Waals surface area contributed by atoms with Gasteiger partial charge in [-0.1, -0.05) is 29.3 Å². The molecular formula is C27H18Br2Cl2N2O6S. The first kappa shape index (κ1) is 28.8. The van der Waals surface area contributed by atoms with Crippen LogP contribution in [0.2, 0.25) is 10.0 Å². The largest absolute Gasteiger partial charge is 0.486 e. The summed E-state index contributed by atoms with van der Waals surface area (Å²) in [5, 5.41) is 3.18. The van der Waals surface area contributed by atoms with E-state index in [0.29, 0.717) is 60.7 Å². The molecule has 8 nitrogen and oxygen atoms in total. The van der Waals surface area contributed by atoms with Crippen LogP contribution < -0.4 is 19.5 Å². The van der Waals surface area contributed by atoms with E-state index in [1.807, 2.05) is 0 Å². The Hall–Kier alpha value is -2.70. The third kappa shape index (κ3) is 6.60. The molecule has 3 amide bonds. The molecule has 2 aliphatic rings. The van der Waals surface area contributed by atoms with Gasteiger partial charge >= 0.3 is 0 Å². The smallest absolute Gasteiger partial charge is 0.294 e. The van der Waals surface area contributed by atoms with Crippen LogP contribution >= 0.6 is 66.8 Å². The maximum atomic E-state index is 13.0. The van der Waals surface area contributed by atoms with Crippen molar-refractivity contribution in [2.45, 2.75) is 6.61 Å². The van der Waals surface area contributed by atoms with Gasteiger partial charge in [0.05, 0.1) is 13.9 Å². The molecule has 1 saturated heterocycles. The number of nitrogens with zero attached hydrogens (tertiary/aromatic N) is 1. The number of anilines is 1. The second-order valence-electron chi connectivity index (χ2n) is 8.51. The lowest BCUT2D eigenvalue weighted by Gasteiger charge is -2.19. The van der Waals surface area contributed by atoms with Crippen molar-refractivity contribution in [2.24, 2.45) is 0 Å². The molecule has 0 aromatic heterocycles. The van der Waals surface area contributed by atoms with Crippen molar-refractivity contribution in [1.82, 2.24) is 4.90 Å². The van der Waals surface area contributed by atoms with Crippen molar-refractivity contribution in [3.05, 3.63) is 83.6 Å². The van der Waals surface area contributed by atoms with Crippen molar-refractivity contribution < 1.29 is 28.6 Å². The highest BCUT2D eigenvalue weighted by Gasteiger charge is 2.36. The summed E-state index contributed by atoms with van der Waals surface area (Å²) in [4.78, 5) is 39.3. The Bertz CT molecular complexity index is 1540. The Balaban J connectivity index is 1.24. The highest BCUT2D eigenvalue weighted by atomic mass is 79.9. The number of hydrogen-bond donors (Lipinski definition) is 1. The number of thioether (sulfide) groups is 1. The quantitative estimate of drug-likeness (QED) is 0.251. The summed E-state index contributed by atoms with van der Waals surface area (Å²) in [6.45, 7) is 0.648. The molecule has 0 bridgehead atoms. The van der Waals surface area contributed by atoms with Crippen molar-refractivity contribution in [3.8, 4) is 17.2 Å². The second kappa shape index (κ2) is 12.4. The summed E-state index contributed by atoms with van der Waals surface area (Å²) in [6.07, 6.45) is 1.58. The summed E-state index contributed by atoms with van der Waals surface area (Å²) in [5.74, 6) is 0.558. The monoisotopic (exact) mass is 726 g/mol. The lowest BCUT2D eigenvalue weighted by Crippen LogP contribution is -2.36. The van der Waals surface area contributed by atoms with E-state index in [0.717, 1.165) is 22.2 Å². The van der Waals surface area contributed by atoms with Crippen LogP contribution in [0.4, 0.5) is 10.5 Å². The average molecular weight is 729 g/mol. The summed E-state index contributed by atoms with van der Waals surface area (Å²) >= 11 is 20.0. The number of benzene rings is 3. The van der Waals surface area contributed by atoms with Gasteiger partial charge in [-0.25, -0.2) is 0 Å². The second-order valence-corrected chi connectivity index (χ2v) is 12.1. The van der Waals surface area contributed by atoms with E-state index in [2.05, 4.69) is 37.2 Å². The first-order chi connectivity index (χ1) is 19.2. The maximum Gasteiger partial charge on any atom is 0.294 e. The third-order valence-electron chi connectivity index (χ3n) is 5.71. The van der Waals surface area contributed by atoms with Gasteiger partial charge in [0, 0.05) is 27.4 Å². The van der Waals surface area contributed by atoms with Gasteiger partial charge in [0.2, 0.25) is 5.91 Å². The first-order valence-electron chi connectivity index (χ1n) is 11.7.